The number of benzene rings is 1. The molecule has 0 unspecified atom stereocenters. The minimum atomic E-state index is -0.276. The van der Waals surface area contributed by atoms with Crippen LogP contribution in [0.2, 0.25) is 0 Å². The number of nitrogens with zero attached hydrogens (tertiary/aromatic N) is 1. The second-order valence-electron chi connectivity index (χ2n) is 5.65. The molecule has 2 amide bonds. The number of rotatable bonds is 6. The van der Waals surface area contributed by atoms with E-state index < -0.39 is 0 Å². The fraction of sp³-hybridized carbons (Fsp3) is 0.211. The van der Waals surface area contributed by atoms with Crippen LogP contribution >= 0.6 is 22.7 Å². The van der Waals surface area contributed by atoms with Gasteiger partial charge in [-0.3, -0.25) is 9.59 Å². The Morgan fingerprint density at radius 1 is 1.15 bits per heavy atom. The van der Waals surface area contributed by atoms with Gasteiger partial charge in [-0.05, 0) is 36.4 Å². The SMILES string of the molecule is CCc1ccccc1NC(=O)CNC(=O)c1sc(-c2cccs2)nc1C. The predicted molar refractivity (Wildman–Crippen MR) is 107 cm³/mol. The van der Waals surface area contributed by atoms with Crippen LogP contribution in [0.1, 0.15) is 27.9 Å². The van der Waals surface area contributed by atoms with E-state index in [4.69, 9.17) is 0 Å². The van der Waals surface area contributed by atoms with Crippen molar-refractivity contribution in [3.63, 3.8) is 0 Å². The summed E-state index contributed by atoms with van der Waals surface area (Å²) in [5.74, 6) is -0.526. The monoisotopic (exact) mass is 385 g/mol. The zero-order valence-corrected chi connectivity index (χ0v) is 16.2. The highest BCUT2D eigenvalue weighted by Crippen LogP contribution is 2.30. The van der Waals surface area contributed by atoms with Gasteiger partial charge in [-0.1, -0.05) is 31.2 Å². The summed E-state index contributed by atoms with van der Waals surface area (Å²) in [7, 11) is 0. The lowest BCUT2D eigenvalue weighted by Gasteiger charge is -2.10. The number of hydrogen-bond acceptors (Lipinski definition) is 5. The van der Waals surface area contributed by atoms with E-state index in [2.05, 4.69) is 15.6 Å². The third kappa shape index (κ3) is 4.17. The maximum absolute atomic E-state index is 12.4. The van der Waals surface area contributed by atoms with E-state index in [0.717, 1.165) is 27.6 Å². The summed E-state index contributed by atoms with van der Waals surface area (Å²) in [6.07, 6.45) is 0.828. The number of amides is 2. The second kappa shape index (κ2) is 8.25. The molecule has 134 valence electrons. The summed E-state index contributed by atoms with van der Waals surface area (Å²) < 4.78 is 0. The van der Waals surface area contributed by atoms with Crippen LogP contribution < -0.4 is 10.6 Å². The first-order valence-electron chi connectivity index (χ1n) is 8.25. The number of thiophene rings is 1. The van der Waals surface area contributed by atoms with Crippen LogP contribution in [0.25, 0.3) is 9.88 Å². The van der Waals surface area contributed by atoms with Crippen LogP contribution in [-0.4, -0.2) is 23.3 Å². The number of para-hydroxylation sites is 1. The summed E-state index contributed by atoms with van der Waals surface area (Å²) in [5, 5.41) is 8.32. The lowest BCUT2D eigenvalue weighted by Crippen LogP contribution is -2.33. The maximum atomic E-state index is 12.4. The fourth-order valence-corrected chi connectivity index (χ4v) is 4.28. The van der Waals surface area contributed by atoms with Crippen molar-refractivity contribution in [3.05, 3.63) is 57.9 Å². The summed E-state index contributed by atoms with van der Waals surface area (Å²) in [4.78, 5) is 30.6. The Morgan fingerprint density at radius 3 is 2.69 bits per heavy atom. The number of anilines is 1. The van der Waals surface area contributed by atoms with Gasteiger partial charge in [-0.15, -0.1) is 22.7 Å². The van der Waals surface area contributed by atoms with Crippen molar-refractivity contribution in [1.29, 1.82) is 0 Å². The van der Waals surface area contributed by atoms with Crippen molar-refractivity contribution in [3.8, 4) is 9.88 Å². The number of aryl methyl sites for hydroxylation is 2. The van der Waals surface area contributed by atoms with Crippen LogP contribution in [-0.2, 0) is 11.2 Å². The Hall–Kier alpha value is -2.51. The van der Waals surface area contributed by atoms with Gasteiger partial charge in [0.1, 0.15) is 9.88 Å². The zero-order chi connectivity index (χ0) is 18.5. The molecule has 0 saturated heterocycles. The van der Waals surface area contributed by atoms with Gasteiger partial charge in [0, 0.05) is 5.69 Å². The van der Waals surface area contributed by atoms with Gasteiger partial charge in [-0.2, -0.15) is 0 Å². The van der Waals surface area contributed by atoms with Gasteiger partial charge in [0.2, 0.25) is 5.91 Å². The Balaban J connectivity index is 1.61. The molecule has 0 bridgehead atoms. The van der Waals surface area contributed by atoms with E-state index in [9.17, 15) is 9.59 Å². The molecule has 0 fully saturated rings. The van der Waals surface area contributed by atoms with E-state index in [0.29, 0.717) is 10.6 Å². The minimum Gasteiger partial charge on any atom is -0.342 e. The molecule has 2 N–H and O–H groups in total. The van der Waals surface area contributed by atoms with Crippen molar-refractivity contribution in [2.75, 3.05) is 11.9 Å². The lowest BCUT2D eigenvalue weighted by molar-refractivity contribution is -0.115. The molecular weight excluding hydrogens is 366 g/mol. The van der Waals surface area contributed by atoms with Gasteiger partial charge < -0.3 is 10.6 Å². The third-order valence-electron chi connectivity index (χ3n) is 3.82. The molecule has 0 spiro atoms. The Bertz CT molecular complexity index is 917. The molecule has 0 radical (unpaired) electrons. The largest absolute Gasteiger partial charge is 0.342 e. The van der Waals surface area contributed by atoms with Crippen molar-refractivity contribution < 1.29 is 9.59 Å². The highest BCUT2D eigenvalue weighted by atomic mass is 32.1. The maximum Gasteiger partial charge on any atom is 0.263 e. The molecule has 0 saturated carbocycles. The minimum absolute atomic E-state index is 0.0808. The van der Waals surface area contributed by atoms with Crippen molar-refractivity contribution in [2.45, 2.75) is 20.3 Å². The number of nitrogens with one attached hydrogen (secondary N) is 2. The number of thiazole rings is 1. The van der Waals surface area contributed by atoms with Crippen molar-refractivity contribution in [1.82, 2.24) is 10.3 Å². The van der Waals surface area contributed by atoms with Crippen LogP contribution in [0.4, 0.5) is 5.69 Å². The lowest BCUT2D eigenvalue weighted by atomic mass is 10.1. The topological polar surface area (TPSA) is 71.1 Å². The van der Waals surface area contributed by atoms with Gasteiger partial charge in [-0.25, -0.2) is 4.98 Å². The smallest absolute Gasteiger partial charge is 0.263 e. The molecule has 2 aromatic heterocycles. The number of carbonyl (C=O) groups is 2. The molecule has 5 nitrogen and oxygen atoms in total. The summed E-state index contributed by atoms with van der Waals surface area (Å²) >= 11 is 2.93. The molecule has 0 atom stereocenters. The quantitative estimate of drug-likeness (QED) is 0.671. The molecule has 0 aliphatic heterocycles. The van der Waals surface area contributed by atoms with Gasteiger partial charge >= 0.3 is 0 Å². The van der Waals surface area contributed by atoms with Crippen LogP contribution in [0.15, 0.2) is 41.8 Å². The molecule has 3 rings (SSSR count). The molecule has 3 aromatic rings. The first kappa shape index (κ1) is 18.3. The van der Waals surface area contributed by atoms with E-state index in [1.807, 2.05) is 48.7 Å². The molecule has 7 heteroatoms. The van der Waals surface area contributed by atoms with Gasteiger partial charge in [0.05, 0.1) is 17.1 Å². The number of aromatic nitrogens is 1. The highest BCUT2D eigenvalue weighted by Gasteiger charge is 2.17. The first-order valence-corrected chi connectivity index (χ1v) is 9.95. The highest BCUT2D eigenvalue weighted by molar-refractivity contribution is 7.22. The average Bonchev–Trinajstić information content (AvgIpc) is 3.29. The Kier molecular flexibility index (Phi) is 5.80. The third-order valence-corrected chi connectivity index (χ3v) is 6.01. The van der Waals surface area contributed by atoms with E-state index in [1.165, 1.54) is 11.3 Å². The Morgan fingerprint density at radius 2 is 1.96 bits per heavy atom. The molecule has 0 aliphatic carbocycles. The fourth-order valence-electron chi connectivity index (χ4n) is 2.50. The zero-order valence-electron chi connectivity index (χ0n) is 14.5. The normalized spacial score (nSPS) is 10.5. The summed E-state index contributed by atoms with van der Waals surface area (Å²) in [5.41, 5.74) is 2.52. The van der Waals surface area contributed by atoms with Gasteiger partial charge in [0.25, 0.3) is 5.91 Å². The number of hydrogen-bond donors (Lipinski definition) is 2. The molecule has 1 aromatic carbocycles. The molecule has 0 aliphatic rings. The summed E-state index contributed by atoms with van der Waals surface area (Å²) in [6.45, 7) is 3.76. The number of carbonyl (C=O) groups excluding carboxylic acids is 2. The van der Waals surface area contributed by atoms with E-state index in [1.54, 1.807) is 18.3 Å². The van der Waals surface area contributed by atoms with E-state index >= 15 is 0 Å². The second-order valence-corrected chi connectivity index (χ2v) is 7.60. The first-order chi connectivity index (χ1) is 12.6. The Labute approximate surface area is 160 Å². The standard InChI is InChI=1S/C19H19N3O2S2/c1-3-13-7-4-5-8-14(13)22-16(23)11-20-18(24)17-12(2)21-19(26-17)15-9-6-10-25-15/h4-10H,3,11H2,1-2H3,(H,20,24)(H,22,23). The van der Waals surface area contributed by atoms with Gasteiger partial charge in [0.15, 0.2) is 0 Å². The van der Waals surface area contributed by atoms with Crippen molar-refractivity contribution in [2.24, 2.45) is 0 Å². The predicted octanol–water partition coefficient (Wildman–Crippen LogP) is 4.11. The van der Waals surface area contributed by atoms with E-state index in [-0.39, 0.29) is 18.4 Å². The van der Waals surface area contributed by atoms with Crippen LogP contribution in [0.5, 0.6) is 0 Å². The van der Waals surface area contributed by atoms with Crippen LogP contribution in [0, 0.1) is 6.92 Å². The summed E-state index contributed by atoms with van der Waals surface area (Å²) in [6, 6.07) is 11.6. The van der Waals surface area contributed by atoms with Crippen LogP contribution in [0.3, 0.4) is 0 Å². The van der Waals surface area contributed by atoms with Crippen molar-refractivity contribution >= 4 is 40.2 Å². The molecule has 26 heavy (non-hydrogen) atoms. The average molecular weight is 386 g/mol. The molecular formula is C19H19N3O2S2. The molecule has 2 heterocycles.